The summed E-state index contributed by atoms with van der Waals surface area (Å²) in [6.07, 6.45) is 6.90. The highest BCUT2D eigenvalue weighted by atomic mass is 16.3. The lowest BCUT2D eigenvalue weighted by Crippen LogP contribution is -1.89. The average Bonchev–Trinajstić information content (AvgIpc) is 2.62. The van der Waals surface area contributed by atoms with Crippen molar-refractivity contribution >= 4 is 17.9 Å². The zero-order chi connectivity index (χ0) is 19.1. The lowest BCUT2D eigenvalue weighted by molar-refractivity contribution is -0.110. The number of carbonyl (C=O) groups is 1. The first kappa shape index (κ1) is 19.0. The molecule has 5 heteroatoms. The van der Waals surface area contributed by atoms with Gasteiger partial charge in [-0.3, -0.25) is 4.79 Å². The highest BCUT2D eigenvalue weighted by molar-refractivity contribution is 6.02. The van der Waals surface area contributed by atoms with Crippen LogP contribution in [0.3, 0.4) is 0 Å². The van der Waals surface area contributed by atoms with Crippen LogP contribution < -0.4 is 0 Å². The lowest BCUT2D eigenvalue weighted by atomic mass is 10.1. The van der Waals surface area contributed by atoms with E-state index in [1.165, 1.54) is 24.3 Å². The van der Waals surface area contributed by atoms with Crippen LogP contribution in [0, 0.1) is 6.92 Å². The normalized spacial score (nSPS) is 12.2. The van der Waals surface area contributed by atoms with Gasteiger partial charge in [0, 0.05) is 11.6 Å². The number of phenolic OH excluding ortho intramolecular Hbond substituents is 1. The number of benzene rings is 2. The van der Waals surface area contributed by atoms with Crippen molar-refractivity contribution in [2.45, 2.75) is 13.5 Å². The molecule has 5 nitrogen and oxygen atoms in total. The van der Waals surface area contributed by atoms with E-state index >= 15 is 0 Å². The van der Waals surface area contributed by atoms with Gasteiger partial charge in [-0.1, -0.05) is 24.3 Å². The second-order valence-corrected chi connectivity index (χ2v) is 5.73. The molecule has 0 spiro atoms. The first-order valence-electron chi connectivity index (χ1n) is 7.92. The van der Waals surface area contributed by atoms with Crippen molar-refractivity contribution in [2.75, 3.05) is 0 Å². The summed E-state index contributed by atoms with van der Waals surface area (Å²) in [6.45, 7) is 1.46. The molecule has 0 saturated heterocycles. The summed E-state index contributed by atoms with van der Waals surface area (Å²) in [5, 5.41) is 37.9. The average molecular weight is 352 g/mol. The van der Waals surface area contributed by atoms with Gasteiger partial charge >= 0.3 is 0 Å². The van der Waals surface area contributed by atoms with Crippen molar-refractivity contribution in [1.29, 1.82) is 0 Å². The third-order valence-electron chi connectivity index (χ3n) is 3.67. The van der Waals surface area contributed by atoms with Crippen LogP contribution in [0.4, 0.5) is 0 Å². The minimum Gasteiger partial charge on any atom is -0.508 e. The number of aliphatic hydroxyl groups excluding tert-OH is 2. The van der Waals surface area contributed by atoms with Crippen LogP contribution in [0.2, 0.25) is 0 Å². The van der Waals surface area contributed by atoms with Gasteiger partial charge in [-0.25, -0.2) is 0 Å². The molecule has 0 fully saturated rings. The van der Waals surface area contributed by atoms with Crippen LogP contribution in [-0.4, -0.2) is 26.2 Å². The smallest absolute Gasteiger partial charge is 0.182 e. The zero-order valence-electron chi connectivity index (χ0n) is 14.3. The molecular weight excluding hydrogens is 332 g/mol. The van der Waals surface area contributed by atoms with Crippen LogP contribution in [0.25, 0.3) is 12.2 Å². The fourth-order valence-corrected chi connectivity index (χ4v) is 2.22. The first-order valence-corrected chi connectivity index (χ1v) is 7.92. The van der Waals surface area contributed by atoms with E-state index < -0.39 is 5.78 Å². The summed E-state index contributed by atoms with van der Waals surface area (Å²) < 4.78 is 0. The van der Waals surface area contributed by atoms with Crippen molar-refractivity contribution in [3.05, 3.63) is 82.6 Å². The molecule has 0 atom stereocenters. The summed E-state index contributed by atoms with van der Waals surface area (Å²) in [4.78, 5) is 11.9. The standard InChI is InChI=1S/C21H20O5/c1-14-10-15(4-8-20(14)25)2-6-18(23)12-19(24)7-3-16-5-9-21(26)17(11-16)13-22/h2-12,22-23,25-26H,13H2,1H3/b6-2+,7-3+,18-12?. The molecule has 2 aromatic carbocycles. The Morgan fingerprint density at radius 1 is 0.962 bits per heavy atom. The molecule has 0 unspecified atom stereocenters. The van der Waals surface area contributed by atoms with E-state index in [4.69, 9.17) is 5.11 Å². The molecule has 26 heavy (non-hydrogen) atoms. The van der Waals surface area contributed by atoms with Gasteiger partial charge in [0.2, 0.25) is 0 Å². The second kappa shape index (κ2) is 8.69. The van der Waals surface area contributed by atoms with Crippen LogP contribution in [0.15, 0.2) is 60.4 Å². The number of allylic oxidation sites excluding steroid dienone is 3. The SMILES string of the molecule is Cc1cc(/C=C/C(O)=CC(=O)/C=C/c2ccc(O)c(CO)c2)ccc1O. The zero-order valence-corrected chi connectivity index (χ0v) is 14.3. The monoisotopic (exact) mass is 352 g/mol. The van der Waals surface area contributed by atoms with Gasteiger partial charge in [-0.15, -0.1) is 0 Å². The van der Waals surface area contributed by atoms with Crippen molar-refractivity contribution in [3.8, 4) is 11.5 Å². The van der Waals surface area contributed by atoms with E-state index in [0.717, 1.165) is 11.6 Å². The molecule has 134 valence electrons. The second-order valence-electron chi connectivity index (χ2n) is 5.73. The molecular formula is C21H20O5. The molecule has 0 radical (unpaired) electrons. The minimum absolute atomic E-state index is 0.0110. The molecule has 2 aromatic rings. The summed E-state index contributed by atoms with van der Waals surface area (Å²) in [5.41, 5.74) is 2.50. The maximum Gasteiger partial charge on any atom is 0.182 e. The number of ketones is 1. The Kier molecular flexibility index (Phi) is 6.36. The molecule has 0 aliphatic rings. The van der Waals surface area contributed by atoms with Crippen molar-refractivity contribution in [3.63, 3.8) is 0 Å². The topological polar surface area (TPSA) is 98.0 Å². The maximum absolute atomic E-state index is 11.9. The van der Waals surface area contributed by atoms with E-state index in [0.29, 0.717) is 16.7 Å². The van der Waals surface area contributed by atoms with Gasteiger partial charge in [-0.2, -0.15) is 0 Å². The predicted octanol–water partition coefficient (Wildman–Crippen LogP) is 3.64. The number of hydrogen-bond donors (Lipinski definition) is 4. The number of aromatic hydroxyl groups is 2. The van der Waals surface area contributed by atoms with E-state index in [-0.39, 0.29) is 23.9 Å². The third kappa shape index (κ3) is 5.36. The molecule has 0 heterocycles. The Morgan fingerprint density at radius 3 is 2.23 bits per heavy atom. The van der Waals surface area contributed by atoms with Gasteiger partial charge in [0.25, 0.3) is 0 Å². The predicted molar refractivity (Wildman–Crippen MR) is 101 cm³/mol. The first-order chi connectivity index (χ1) is 12.4. The van der Waals surface area contributed by atoms with Gasteiger partial charge < -0.3 is 20.4 Å². The van der Waals surface area contributed by atoms with Crippen LogP contribution in [0.1, 0.15) is 22.3 Å². The molecule has 0 amide bonds. The fourth-order valence-electron chi connectivity index (χ4n) is 2.22. The summed E-state index contributed by atoms with van der Waals surface area (Å²) in [5.74, 6) is -0.427. The number of aliphatic hydroxyl groups is 2. The molecule has 0 aliphatic carbocycles. The molecule has 0 saturated carbocycles. The van der Waals surface area contributed by atoms with Crippen molar-refractivity contribution in [2.24, 2.45) is 0 Å². The number of phenols is 2. The van der Waals surface area contributed by atoms with Crippen LogP contribution in [-0.2, 0) is 11.4 Å². The lowest BCUT2D eigenvalue weighted by Gasteiger charge is -2.01. The van der Waals surface area contributed by atoms with Gasteiger partial charge in [0.05, 0.1) is 6.61 Å². The number of carbonyl (C=O) groups excluding carboxylic acids is 1. The Hall–Kier alpha value is -3.31. The Bertz CT molecular complexity index is 891. The van der Waals surface area contributed by atoms with Crippen LogP contribution in [0.5, 0.6) is 11.5 Å². The number of hydrogen-bond acceptors (Lipinski definition) is 5. The van der Waals surface area contributed by atoms with Crippen molar-refractivity contribution in [1.82, 2.24) is 0 Å². The minimum atomic E-state index is -0.410. The quantitative estimate of drug-likeness (QED) is 0.361. The Morgan fingerprint density at radius 2 is 1.58 bits per heavy atom. The highest BCUT2D eigenvalue weighted by Gasteiger charge is 2.01. The maximum atomic E-state index is 11.9. The fraction of sp³-hybridized carbons (Fsp3) is 0.0952. The summed E-state index contributed by atoms with van der Waals surface area (Å²) >= 11 is 0. The van der Waals surface area contributed by atoms with Crippen molar-refractivity contribution < 1.29 is 25.2 Å². The van der Waals surface area contributed by atoms with Gasteiger partial charge in [-0.05, 0) is 60.0 Å². The molecule has 0 aliphatic heterocycles. The summed E-state index contributed by atoms with van der Waals surface area (Å²) in [7, 11) is 0. The third-order valence-corrected chi connectivity index (χ3v) is 3.67. The molecule has 0 aromatic heterocycles. The number of aryl methyl sites for hydroxylation is 1. The summed E-state index contributed by atoms with van der Waals surface area (Å²) in [6, 6.07) is 9.61. The van der Waals surface area contributed by atoms with Gasteiger partial charge in [0.15, 0.2) is 5.78 Å². The van der Waals surface area contributed by atoms with E-state index in [1.54, 1.807) is 43.3 Å². The Labute approximate surface area is 151 Å². The van der Waals surface area contributed by atoms with E-state index in [9.17, 15) is 20.1 Å². The molecule has 2 rings (SSSR count). The van der Waals surface area contributed by atoms with E-state index in [1.807, 2.05) is 0 Å². The van der Waals surface area contributed by atoms with E-state index in [2.05, 4.69) is 0 Å². The number of rotatable bonds is 6. The largest absolute Gasteiger partial charge is 0.508 e. The van der Waals surface area contributed by atoms with Crippen LogP contribution >= 0.6 is 0 Å². The van der Waals surface area contributed by atoms with Gasteiger partial charge in [0.1, 0.15) is 17.3 Å². The molecule has 4 N–H and O–H groups in total. The molecule has 0 bridgehead atoms. The Balaban J connectivity index is 2.04. The highest BCUT2D eigenvalue weighted by Crippen LogP contribution is 2.19.